The molecule has 7 nitrogen and oxygen atoms in total. The third-order valence-electron chi connectivity index (χ3n) is 8.13. The van der Waals surface area contributed by atoms with Crippen LogP contribution in [0.4, 0.5) is 17.1 Å². The van der Waals surface area contributed by atoms with Crippen molar-refractivity contribution >= 4 is 72.9 Å². The van der Waals surface area contributed by atoms with Gasteiger partial charge < -0.3 is 10.2 Å². The van der Waals surface area contributed by atoms with Gasteiger partial charge in [-0.25, -0.2) is 4.90 Å². The predicted octanol–water partition coefficient (Wildman–Crippen LogP) is 7.62. The van der Waals surface area contributed by atoms with E-state index in [1.807, 2.05) is 117 Å². The van der Waals surface area contributed by atoms with Crippen LogP contribution in [-0.4, -0.2) is 32.7 Å². The largest absolute Gasteiger partial charge is 0.332 e. The Bertz CT molecular complexity index is 1930. The Labute approximate surface area is 270 Å². The number of aryl methyl sites for hydroxylation is 3. The summed E-state index contributed by atoms with van der Waals surface area (Å²) < 4.78 is 2.93. The number of aromatic nitrogens is 2. The fourth-order valence-electron chi connectivity index (χ4n) is 5.87. The van der Waals surface area contributed by atoms with Crippen molar-refractivity contribution in [2.24, 2.45) is 0 Å². The topological polar surface area (TPSA) is 70.5 Å². The van der Waals surface area contributed by atoms with Crippen molar-refractivity contribution in [3.8, 4) is 0 Å². The number of halogens is 1. The lowest BCUT2D eigenvalue weighted by molar-refractivity contribution is -0.121. The van der Waals surface area contributed by atoms with E-state index in [-0.39, 0.29) is 18.2 Å². The maximum Gasteiger partial charge on any atom is 0.257 e. The minimum absolute atomic E-state index is 0.0204. The molecule has 1 atom stereocenters. The summed E-state index contributed by atoms with van der Waals surface area (Å²) in [5.41, 5.74) is 6.89. The van der Waals surface area contributed by atoms with Gasteiger partial charge in [-0.1, -0.05) is 76.6 Å². The number of rotatable bonds is 6. The minimum Gasteiger partial charge on any atom is -0.332 e. The number of imide groups is 1. The van der Waals surface area contributed by atoms with Crippen LogP contribution >= 0.6 is 28.1 Å². The van der Waals surface area contributed by atoms with Crippen LogP contribution < -0.4 is 15.1 Å². The molecule has 0 spiro atoms. The van der Waals surface area contributed by atoms with E-state index < -0.39 is 6.04 Å². The highest BCUT2D eigenvalue weighted by atomic mass is 79.9. The van der Waals surface area contributed by atoms with E-state index in [1.165, 1.54) is 4.90 Å². The molecule has 2 amide bonds. The molecule has 1 aliphatic rings. The molecule has 4 aromatic carbocycles. The summed E-state index contributed by atoms with van der Waals surface area (Å²) in [6, 6.07) is 26.8. The molecule has 1 saturated heterocycles. The number of hydrogen-bond acceptors (Lipinski definition) is 4. The number of carbonyl (C=O) groups excluding carboxylic acids is 2. The molecule has 0 aliphatic carbocycles. The molecule has 0 saturated carbocycles. The van der Waals surface area contributed by atoms with Crippen LogP contribution in [0, 0.1) is 27.7 Å². The van der Waals surface area contributed by atoms with Gasteiger partial charge in [-0.05, 0) is 86.3 Å². The average Bonchev–Trinajstić information content (AvgIpc) is 3.44. The van der Waals surface area contributed by atoms with Crippen LogP contribution in [0.15, 0.2) is 89.4 Å². The van der Waals surface area contributed by atoms with E-state index in [9.17, 15) is 9.59 Å². The van der Waals surface area contributed by atoms with Gasteiger partial charge in [0.1, 0.15) is 6.04 Å². The smallest absolute Gasteiger partial charge is 0.257 e. The van der Waals surface area contributed by atoms with Crippen molar-refractivity contribution in [2.45, 2.75) is 46.7 Å². The summed E-state index contributed by atoms with van der Waals surface area (Å²) >= 11 is 9.57. The highest BCUT2D eigenvalue weighted by molar-refractivity contribution is 9.10. The average molecular weight is 667 g/mol. The maximum atomic E-state index is 14.3. The zero-order valence-electron chi connectivity index (χ0n) is 25.0. The number of nitrogens with one attached hydrogen (secondary N) is 1. The quantitative estimate of drug-likeness (QED) is 0.149. The van der Waals surface area contributed by atoms with Gasteiger partial charge in [-0.3, -0.25) is 14.3 Å². The van der Waals surface area contributed by atoms with Gasteiger partial charge in [0.25, 0.3) is 5.91 Å². The molecule has 0 bridgehead atoms. The SMILES string of the molecule is Cc1ccc(C)c(NC(=S)N(c2c(C)nn(Cc3ccc(Br)cc3)c2C)[C@@H]2CC(=O)N(c3cccc4ccccc34)C2=O)c1. The second-order valence-corrected chi connectivity index (χ2v) is 12.5. The molecule has 1 fully saturated rings. The summed E-state index contributed by atoms with van der Waals surface area (Å²) in [4.78, 5) is 31.2. The summed E-state index contributed by atoms with van der Waals surface area (Å²) in [6.07, 6.45) is -0.0204. The minimum atomic E-state index is -0.852. The predicted molar refractivity (Wildman–Crippen MR) is 184 cm³/mol. The normalized spacial score (nSPS) is 14.8. The second kappa shape index (κ2) is 12.0. The Kier molecular flexibility index (Phi) is 8.09. The van der Waals surface area contributed by atoms with E-state index >= 15 is 0 Å². The zero-order valence-corrected chi connectivity index (χ0v) is 27.4. The van der Waals surface area contributed by atoms with E-state index in [0.29, 0.717) is 23.0 Å². The molecule has 0 radical (unpaired) electrons. The molecule has 44 heavy (non-hydrogen) atoms. The van der Waals surface area contributed by atoms with Crippen molar-refractivity contribution in [2.75, 3.05) is 15.1 Å². The molecule has 0 unspecified atom stereocenters. The number of fused-ring (bicyclic) bond motifs is 1. The highest BCUT2D eigenvalue weighted by Crippen LogP contribution is 2.36. The Morgan fingerprint density at radius 2 is 1.70 bits per heavy atom. The lowest BCUT2D eigenvalue weighted by atomic mass is 10.1. The van der Waals surface area contributed by atoms with Gasteiger partial charge >= 0.3 is 0 Å². The molecule has 5 aromatic rings. The molecule has 222 valence electrons. The summed E-state index contributed by atoms with van der Waals surface area (Å²) in [5.74, 6) is -0.593. The van der Waals surface area contributed by atoms with Gasteiger partial charge in [0.05, 0.1) is 35.7 Å². The van der Waals surface area contributed by atoms with Crippen molar-refractivity contribution in [1.29, 1.82) is 0 Å². The first-order valence-corrected chi connectivity index (χ1v) is 15.6. The maximum absolute atomic E-state index is 14.3. The van der Waals surface area contributed by atoms with Gasteiger partial charge in [0.2, 0.25) is 5.91 Å². The number of amides is 2. The van der Waals surface area contributed by atoms with Crippen molar-refractivity contribution in [3.63, 3.8) is 0 Å². The van der Waals surface area contributed by atoms with Crippen molar-refractivity contribution < 1.29 is 9.59 Å². The lowest BCUT2D eigenvalue weighted by Crippen LogP contribution is -2.48. The molecule has 1 aromatic heterocycles. The lowest BCUT2D eigenvalue weighted by Gasteiger charge is -2.31. The summed E-state index contributed by atoms with van der Waals surface area (Å²) in [5, 5.41) is 10.4. The number of nitrogens with zero attached hydrogens (tertiary/aromatic N) is 4. The van der Waals surface area contributed by atoms with E-state index in [2.05, 4.69) is 21.2 Å². The Morgan fingerprint density at radius 1 is 0.977 bits per heavy atom. The van der Waals surface area contributed by atoms with Crippen LogP contribution in [0.25, 0.3) is 10.8 Å². The summed E-state index contributed by atoms with van der Waals surface area (Å²) in [6.45, 7) is 8.47. The van der Waals surface area contributed by atoms with Crippen LogP contribution in [0.5, 0.6) is 0 Å². The zero-order chi connectivity index (χ0) is 31.1. The van der Waals surface area contributed by atoms with Gasteiger partial charge in [-0.2, -0.15) is 5.10 Å². The monoisotopic (exact) mass is 665 g/mol. The fourth-order valence-corrected chi connectivity index (χ4v) is 6.46. The molecule has 9 heteroatoms. The van der Waals surface area contributed by atoms with Gasteiger partial charge in [-0.15, -0.1) is 0 Å². The molecule has 1 N–H and O–H groups in total. The van der Waals surface area contributed by atoms with Crippen LogP contribution in [0.3, 0.4) is 0 Å². The third kappa shape index (κ3) is 5.53. The van der Waals surface area contributed by atoms with E-state index in [0.717, 1.165) is 49.0 Å². The first-order valence-electron chi connectivity index (χ1n) is 14.4. The van der Waals surface area contributed by atoms with Crippen molar-refractivity contribution in [1.82, 2.24) is 9.78 Å². The number of thiocarbonyl (C=S) groups is 1. The molecule has 6 rings (SSSR count). The number of carbonyl (C=O) groups is 2. The second-order valence-electron chi connectivity index (χ2n) is 11.2. The van der Waals surface area contributed by atoms with Crippen LogP contribution in [0.1, 0.15) is 34.5 Å². The van der Waals surface area contributed by atoms with Crippen LogP contribution in [-0.2, 0) is 16.1 Å². The first kappa shape index (κ1) is 29.7. The van der Waals surface area contributed by atoms with E-state index in [1.54, 1.807) is 4.90 Å². The van der Waals surface area contributed by atoms with Gasteiger partial charge in [0, 0.05) is 15.5 Å². The summed E-state index contributed by atoms with van der Waals surface area (Å²) in [7, 11) is 0. The number of anilines is 3. The number of benzene rings is 4. The highest BCUT2D eigenvalue weighted by Gasteiger charge is 2.46. The first-order chi connectivity index (χ1) is 21.1. The Morgan fingerprint density at radius 3 is 2.48 bits per heavy atom. The Balaban J connectivity index is 1.43. The fraction of sp³-hybridized carbons (Fsp3) is 0.200. The van der Waals surface area contributed by atoms with Crippen LogP contribution in [0.2, 0.25) is 0 Å². The molecular weight excluding hydrogens is 634 g/mol. The third-order valence-corrected chi connectivity index (χ3v) is 8.95. The van der Waals surface area contributed by atoms with Gasteiger partial charge in [0.15, 0.2) is 5.11 Å². The van der Waals surface area contributed by atoms with E-state index in [4.69, 9.17) is 17.3 Å². The molecular formula is C35H32BrN5O2S. The Hall–Kier alpha value is -4.34. The number of hydrogen-bond donors (Lipinski definition) is 1. The standard InChI is InChI=1S/C35H32BrN5O2S/c1-21-12-13-22(2)29(18-21)37-35(44)41(33-23(3)38-39(24(33)4)20-25-14-16-27(36)17-15-25)31-19-32(42)40(34(31)43)30-11-7-9-26-8-5-6-10-28(26)30/h5-18,31H,19-20H2,1-4H3,(H,37,44)/t31-/m1/s1. The van der Waals surface area contributed by atoms with Crippen molar-refractivity contribution in [3.05, 3.63) is 117 Å². The molecule has 2 heterocycles. The molecule has 1 aliphatic heterocycles.